The summed E-state index contributed by atoms with van der Waals surface area (Å²) in [6.45, 7) is 1.32. The Kier molecular flexibility index (Phi) is 5.49. The van der Waals surface area contributed by atoms with E-state index in [1.807, 2.05) is 4.98 Å². The Morgan fingerprint density at radius 3 is 2.71 bits per heavy atom. The van der Waals surface area contributed by atoms with Gasteiger partial charge in [0, 0.05) is 12.3 Å². The number of esters is 1. The van der Waals surface area contributed by atoms with Crippen LogP contribution in [0, 0.1) is 0 Å². The average Bonchev–Trinajstić information content (AvgIpc) is 2.82. The predicted molar refractivity (Wildman–Crippen MR) is 76.9 cm³/mol. The second-order valence-corrected chi connectivity index (χ2v) is 4.97. The van der Waals surface area contributed by atoms with Crippen molar-refractivity contribution in [2.24, 2.45) is 0 Å². The van der Waals surface area contributed by atoms with Gasteiger partial charge in [-0.3, -0.25) is 23.9 Å². The zero-order valence-electron chi connectivity index (χ0n) is 12.7. The molecule has 1 amide bonds. The molecule has 2 rings (SSSR count). The fourth-order valence-electron chi connectivity index (χ4n) is 2.21. The second kappa shape index (κ2) is 7.38. The number of rotatable bonds is 5. The number of amides is 1. The lowest BCUT2D eigenvalue weighted by Crippen LogP contribution is -2.44. The molecule has 11 nitrogen and oxygen atoms in total. The van der Waals surface area contributed by atoms with Gasteiger partial charge in [-0.25, -0.2) is 4.79 Å². The Morgan fingerprint density at radius 1 is 1.38 bits per heavy atom. The van der Waals surface area contributed by atoms with Crippen molar-refractivity contribution in [1.29, 1.82) is 0 Å². The highest BCUT2D eigenvalue weighted by Gasteiger charge is 2.47. The first-order valence-corrected chi connectivity index (χ1v) is 7.11. The normalized spacial score (nSPS) is 26.1. The Balaban J connectivity index is 2.09. The van der Waals surface area contributed by atoms with Crippen molar-refractivity contribution in [3.63, 3.8) is 0 Å². The van der Waals surface area contributed by atoms with Crippen LogP contribution < -0.4 is 16.6 Å². The van der Waals surface area contributed by atoms with Crippen LogP contribution in [-0.2, 0) is 19.1 Å². The molecule has 2 heterocycles. The molecule has 1 saturated heterocycles. The fraction of sp³-hybridized carbons (Fsp3) is 0.538. The third-order valence-electron chi connectivity index (χ3n) is 3.33. The first kappa shape index (κ1) is 17.8. The number of hydrogen-bond acceptors (Lipinski definition) is 8. The molecular weight excluding hydrogens is 326 g/mol. The van der Waals surface area contributed by atoms with Crippen molar-refractivity contribution in [2.75, 3.05) is 13.2 Å². The van der Waals surface area contributed by atoms with Crippen molar-refractivity contribution >= 4 is 11.9 Å². The number of carbonyl (C=O) groups excluding carboxylic acids is 2. The molecular formula is C13H17N3O8. The van der Waals surface area contributed by atoms with Crippen LogP contribution in [0.1, 0.15) is 13.2 Å². The molecule has 132 valence electrons. The van der Waals surface area contributed by atoms with Crippen molar-refractivity contribution in [3.8, 4) is 0 Å². The molecule has 0 aliphatic carbocycles. The Labute approximate surface area is 134 Å². The molecule has 4 unspecified atom stereocenters. The molecule has 11 heteroatoms. The van der Waals surface area contributed by atoms with E-state index in [9.17, 15) is 29.4 Å². The molecule has 1 aliphatic rings. The summed E-state index contributed by atoms with van der Waals surface area (Å²) in [4.78, 5) is 47.9. The van der Waals surface area contributed by atoms with Crippen LogP contribution in [0.5, 0.6) is 0 Å². The molecule has 4 atom stereocenters. The molecule has 24 heavy (non-hydrogen) atoms. The van der Waals surface area contributed by atoms with E-state index >= 15 is 0 Å². The summed E-state index contributed by atoms with van der Waals surface area (Å²) >= 11 is 0. The first-order chi connectivity index (χ1) is 11.3. The number of aliphatic hydroxyl groups excluding tert-OH is 2. The number of H-pyrrole nitrogens is 1. The van der Waals surface area contributed by atoms with Crippen LogP contribution in [0.15, 0.2) is 21.9 Å². The van der Waals surface area contributed by atoms with Crippen LogP contribution in [0.3, 0.4) is 0 Å². The lowest BCUT2D eigenvalue weighted by Gasteiger charge is -2.16. The van der Waals surface area contributed by atoms with E-state index < -0.39 is 54.2 Å². The van der Waals surface area contributed by atoms with Crippen LogP contribution in [0.4, 0.5) is 0 Å². The molecule has 4 N–H and O–H groups in total. The van der Waals surface area contributed by atoms with Crippen LogP contribution in [0.2, 0.25) is 0 Å². The number of nitrogens with one attached hydrogen (secondary N) is 2. The van der Waals surface area contributed by atoms with E-state index in [0.717, 1.165) is 16.8 Å². The maximum Gasteiger partial charge on any atom is 0.330 e. The number of aromatic nitrogens is 2. The van der Waals surface area contributed by atoms with Crippen LogP contribution in [0.25, 0.3) is 0 Å². The van der Waals surface area contributed by atoms with Gasteiger partial charge in [-0.1, -0.05) is 0 Å². The number of carbonyl (C=O) groups is 2. The third-order valence-corrected chi connectivity index (χ3v) is 3.33. The topological polar surface area (TPSA) is 160 Å². The van der Waals surface area contributed by atoms with Gasteiger partial charge < -0.3 is 25.0 Å². The monoisotopic (exact) mass is 343 g/mol. The zero-order valence-corrected chi connectivity index (χ0v) is 12.7. The third kappa shape index (κ3) is 3.69. The van der Waals surface area contributed by atoms with Crippen molar-refractivity contribution in [3.05, 3.63) is 33.1 Å². The van der Waals surface area contributed by atoms with Crippen LogP contribution in [-0.4, -0.2) is 63.1 Å². The van der Waals surface area contributed by atoms with Gasteiger partial charge in [-0.15, -0.1) is 0 Å². The van der Waals surface area contributed by atoms with Crippen LogP contribution >= 0.6 is 0 Å². The minimum atomic E-state index is -1.63. The summed E-state index contributed by atoms with van der Waals surface area (Å²) < 4.78 is 10.7. The molecule has 1 fully saturated rings. The van der Waals surface area contributed by atoms with E-state index in [0.29, 0.717) is 0 Å². The number of ether oxygens (including phenoxy) is 2. The molecule has 0 radical (unpaired) electrons. The second-order valence-electron chi connectivity index (χ2n) is 4.97. The Hall–Kier alpha value is -2.50. The molecule has 1 aromatic heterocycles. The smallest absolute Gasteiger partial charge is 0.330 e. The highest BCUT2D eigenvalue weighted by Crippen LogP contribution is 2.28. The molecule has 1 aromatic rings. The predicted octanol–water partition coefficient (Wildman–Crippen LogP) is -3.16. The summed E-state index contributed by atoms with van der Waals surface area (Å²) in [5.74, 6) is -1.53. The number of aliphatic hydroxyl groups is 2. The lowest BCUT2D eigenvalue weighted by molar-refractivity contribution is -0.146. The van der Waals surface area contributed by atoms with Gasteiger partial charge in [-0.2, -0.15) is 0 Å². The lowest BCUT2D eigenvalue weighted by atomic mass is 10.1. The number of aromatic amines is 1. The van der Waals surface area contributed by atoms with E-state index in [1.54, 1.807) is 6.92 Å². The quantitative estimate of drug-likeness (QED) is 0.407. The maximum atomic E-state index is 12.0. The maximum absolute atomic E-state index is 12.0. The van der Waals surface area contributed by atoms with Gasteiger partial charge >= 0.3 is 11.7 Å². The van der Waals surface area contributed by atoms with E-state index in [2.05, 4.69) is 10.1 Å². The van der Waals surface area contributed by atoms with Crippen molar-refractivity contribution in [1.82, 2.24) is 14.9 Å². The minimum Gasteiger partial charge on any atom is -0.465 e. The van der Waals surface area contributed by atoms with E-state index in [-0.39, 0.29) is 6.61 Å². The van der Waals surface area contributed by atoms with Gasteiger partial charge in [0.25, 0.3) is 11.5 Å². The molecule has 0 spiro atoms. The molecule has 0 bridgehead atoms. The van der Waals surface area contributed by atoms with Gasteiger partial charge in [0.05, 0.1) is 6.61 Å². The minimum absolute atomic E-state index is 0.146. The summed E-state index contributed by atoms with van der Waals surface area (Å²) in [5.41, 5.74) is -1.51. The Morgan fingerprint density at radius 2 is 2.08 bits per heavy atom. The number of hydrogen-bond donors (Lipinski definition) is 4. The SMILES string of the molecule is CCOC(=O)CNC(=O)C1OC(n2ccc(=O)[nH]c2=O)C(O)C1O. The average molecular weight is 343 g/mol. The number of nitrogens with zero attached hydrogens (tertiary/aromatic N) is 1. The van der Waals surface area contributed by atoms with Gasteiger partial charge in [0.1, 0.15) is 18.8 Å². The fourth-order valence-corrected chi connectivity index (χ4v) is 2.21. The van der Waals surface area contributed by atoms with Gasteiger partial charge in [0.15, 0.2) is 12.3 Å². The van der Waals surface area contributed by atoms with Crippen molar-refractivity contribution < 1.29 is 29.3 Å². The summed E-state index contributed by atoms with van der Waals surface area (Å²) in [6, 6.07) is 1.03. The van der Waals surface area contributed by atoms with E-state index in [4.69, 9.17) is 4.74 Å². The molecule has 0 saturated carbocycles. The zero-order chi connectivity index (χ0) is 17.9. The largest absolute Gasteiger partial charge is 0.465 e. The summed E-state index contributed by atoms with van der Waals surface area (Å²) in [7, 11) is 0. The Bertz CT molecular complexity index is 726. The first-order valence-electron chi connectivity index (χ1n) is 7.11. The van der Waals surface area contributed by atoms with E-state index in [1.165, 1.54) is 0 Å². The summed E-state index contributed by atoms with van der Waals surface area (Å²) in [6.07, 6.45) is -5.02. The van der Waals surface area contributed by atoms with Crippen molar-refractivity contribution in [2.45, 2.75) is 31.5 Å². The standard InChI is InChI=1S/C13H17N3O8/c1-2-23-7(18)5-14-11(21)10-8(19)9(20)12(24-10)16-4-3-6(17)15-13(16)22/h3-4,8-10,12,19-20H,2,5H2,1H3,(H,14,21)(H,15,17,22). The molecule has 0 aromatic carbocycles. The highest BCUT2D eigenvalue weighted by atomic mass is 16.6. The highest BCUT2D eigenvalue weighted by molar-refractivity contribution is 5.85. The van der Waals surface area contributed by atoms with Gasteiger partial charge in [-0.05, 0) is 6.92 Å². The molecule has 1 aliphatic heterocycles. The van der Waals surface area contributed by atoms with Gasteiger partial charge in [0.2, 0.25) is 0 Å². The summed E-state index contributed by atoms with van der Waals surface area (Å²) in [5, 5.41) is 22.1.